The van der Waals surface area contributed by atoms with Crippen LogP contribution in [0.15, 0.2) is 53.0 Å². The third kappa shape index (κ3) is 3.35. The molecule has 0 radical (unpaired) electrons. The fourth-order valence-electron chi connectivity index (χ4n) is 1.64. The van der Waals surface area contributed by atoms with Crippen molar-refractivity contribution in [3.63, 3.8) is 0 Å². The zero-order valence-electron chi connectivity index (χ0n) is 10.4. The van der Waals surface area contributed by atoms with Crippen LogP contribution in [-0.2, 0) is 11.3 Å². The van der Waals surface area contributed by atoms with Crippen molar-refractivity contribution in [2.75, 3.05) is 7.11 Å². The molecule has 0 amide bonds. The molecule has 0 heterocycles. The van der Waals surface area contributed by atoms with Gasteiger partial charge in [-0.05, 0) is 18.2 Å². The molecule has 0 bridgehead atoms. The van der Waals surface area contributed by atoms with Gasteiger partial charge in [0.25, 0.3) is 0 Å². The molecule has 19 heavy (non-hydrogen) atoms. The van der Waals surface area contributed by atoms with Crippen LogP contribution >= 0.6 is 15.9 Å². The van der Waals surface area contributed by atoms with E-state index < -0.39 is 5.97 Å². The van der Waals surface area contributed by atoms with Crippen molar-refractivity contribution >= 4 is 21.9 Å². The quantitative estimate of drug-likeness (QED) is 0.803. The highest BCUT2D eigenvalue weighted by molar-refractivity contribution is 9.10. The van der Waals surface area contributed by atoms with Gasteiger partial charge in [-0.3, -0.25) is 0 Å². The molecule has 0 aliphatic rings. The number of halogens is 1. The number of benzene rings is 2. The minimum absolute atomic E-state index is 0.384. The summed E-state index contributed by atoms with van der Waals surface area (Å²) in [5.74, 6) is 0.118. The molecular formula is C15H13BrO3. The van der Waals surface area contributed by atoms with Crippen molar-refractivity contribution in [3.05, 3.63) is 64.1 Å². The van der Waals surface area contributed by atoms with Gasteiger partial charge in [-0.2, -0.15) is 0 Å². The van der Waals surface area contributed by atoms with Gasteiger partial charge in [0.15, 0.2) is 0 Å². The van der Waals surface area contributed by atoms with Crippen LogP contribution in [0.2, 0.25) is 0 Å². The van der Waals surface area contributed by atoms with E-state index in [1.165, 1.54) is 7.11 Å². The molecule has 0 aromatic heterocycles. The average molecular weight is 321 g/mol. The summed E-state index contributed by atoms with van der Waals surface area (Å²) >= 11 is 3.46. The van der Waals surface area contributed by atoms with Gasteiger partial charge in [-0.1, -0.05) is 46.3 Å². The van der Waals surface area contributed by atoms with E-state index in [1.54, 1.807) is 18.2 Å². The molecular weight excluding hydrogens is 308 g/mol. The number of methoxy groups -OCH3 is 1. The summed E-state index contributed by atoms with van der Waals surface area (Å²) in [6.07, 6.45) is 0. The molecule has 0 unspecified atom stereocenters. The molecule has 0 spiro atoms. The molecule has 0 aliphatic carbocycles. The van der Waals surface area contributed by atoms with Gasteiger partial charge >= 0.3 is 5.97 Å². The third-order valence-electron chi connectivity index (χ3n) is 2.63. The molecule has 0 saturated carbocycles. The van der Waals surface area contributed by atoms with Crippen molar-refractivity contribution in [2.45, 2.75) is 6.61 Å². The van der Waals surface area contributed by atoms with E-state index in [4.69, 9.17) is 9.47 Å². The lowest BCUT2D eigenvalue weighted by atomic mass is 10.2. The fourth-order valence-corrected chi connectivity index (χ4v) is 2.04. The first-order valence-electron chi connectivity index (χ1n) is 5.76. The number of rotatable bonds is 4. The second kappa shape index (κ2) is 6.38. The van der Waals surface area contributed by atoms with Crippen molar-refractivity contribution in [3.8, 4) is 5.75 Å². The number of esters is 1. The van der Waals surface area contributed by atoms with Gasteiger partial charge in [0, 0.05) is 10.0 Å². The Morgan fingerprint density at radius 2 is 1.79 bits per heavy atom. The second-order valence-corrected chi connectivity index (χ2v) is 4.72. The maximum Gasteiger partial charge on any atom is 0.341 e. The summed E-state index contributed by atoms with van der Waals surface area (Å²) in [5, 5.41) is 0. The number of carbonyl (C=O) groups is 1. The van der Waals surface area contributed by atoms with Crippen LogP contribution in [-0.4, -0.2) is 13.1 Å². The molecule has 0 aliphatic heterocycles. The number of hydrogen-bond acceptors (Lipinski definition) is 3. The Hall–Kier alpha value is -1.81. The van der Waals surface area contributed by atoms with Gasteiger partial charge in [0.1, 0.15) is 17.9 Å². The molecule has 0 saturated heterocycles. The summed E-state index contributed by atoms with van der Waals surface area (Å²) in [6.45, 7) is 0.384. The normalized spacial score (nSPS) is 10.0. The van der Waals surface area contributed by atoms with Gasteiger partial charge in [0.2, 0.25) is 0 Å². The summed E-state index contributed by atoms with van der Waals surface area (Å²) in [6, 6.07) is 14.8. The fraction of sp³-hybridized carbons (Fsp3) is 0.133. The zero-order valence-corrected chi connectivity index (χ0v) is 12.0. The summed E-state index contributed by atoms with van der Waals surface area (Å²) in [7, 11) is 1.35. The first kappa shape index (κ1) is 13.6. The highest BCUT2D eigenvalue weighted by Crippen LogP contribution is 2.22. The summed E-state index contributed by atoms with van der Waals surface area (Å²) < 4.78 is 11.4. The number of carbonyl (C=O) groups excluding carboxylic acids is 1. The molecule has 4 heteroatoms. The maximum atomic E-state index is 11.6. The lowest BCUT2D eigenvalue weighted by molar-refractivity contribution is 0.0595. The Balaban J connectivity index is 2.16. The van der Waals surface area contributed by atoms with E-state index in [9.17, 15) is 4.79 Å². The summed E-state index contributed by atoms with van der Waals surface area (Å²) in [5.41, 5.74) is 1.44. The SMILES string of the molecule is COC(=O)c1ccccc1OCc1ccccc1Br. The lowest BCUT2D eigenvalue weighted by Crippen LogP contribution is -2.05. The Labute approximate surface area is 120 Å². The minimum atomic E-state index is -0.400. The Bertz CT molecular complexity index is 581. The average Bonchev–Trinajstić information content (AvgIpc) is 2.46. The standard InChI is InChI=1S/C15H13BrO3/c1-18-15(17)12-7-3-5-9-14(12)19-10-11-6-2-4-8-13(11)16/h2-9H,10H2,1H3. The number of ether oxygens (including phenoxy) is 2. The van der Waals surface area contributed by atoms with Crippen LogP contribution in [0.4, 0.5) is 0 Å². The number of hydrogen-bond donors (Lipinski definition) is 0. The van der Waals surface area contributed by atoms with Gasteiger partial charge in [-0.15, -0.1) is 0 Å². The van der Waals surface area contributed by atoms with Crippen LogP contribution in [0.1, 0.15) is 15.9 Å². The summed E-state index contributed by atoms with van der Waals surface area (Å²) in [4.78, 5) is 11.6. The van der Waals surface area contributed by atoms with Crippen LogP contribution in [0, 0.1) is 0 Å². The van der Waals surface area contributed by atoms with E-state index in [-0.39, 0.29) is 0 Å². The Morgan fingerprint density at radius 1 is 1.11 bits per heavy atom. The zero-order chi connectivity index (χ0) is 13.7. The monoisotopic (exact) mass is 320 g/mol. The van der Waals surface area contributed by atoms with Crippen LogP contribution in [0.5, 0.6) is 5.75 Å². The van der Waals surface area contributed by atoms with Crippen molar-refractivity contribution in [1.82, 2.24) is 0 Å². The second-order valence-electron chi connectivity index (χ2n) is 3.87. The van der Waals surface area contributed by atoms with E-state index in [1.807, 2.05) is 30.3 Å². The lowest BCUT2D eigenvalue weighted by Gasteiger charge is -2.11. The first-order chi connectivity index (χ1) is 9.22. The highest BCUT2D eigenvalue weighted by Gasteiger charge is 2.12. The molecule has 2 aromatic carbocycles. The van der Waals surface area contributed by atoms with Crippen molar-refractivity contribution < 1.29 is 14.3 Å². The van der Waals surface area contributed by atoms with Crippen molar-refractivity contribution in [1.29, 1.82) is 0 Å². The smallest absolute Gasteiger partial charge is 0.341 e. The molecule has 2 rings (SSSR count). The largest absolute Gasteiger partial charge is 0.488 e. The third-order valence-corrected chi connectivity index (χ3v) is 3.41. The van der Waals surface area contributed by atoms with Gasteiger partial charge in [0.05, 0.1) is 7.11 Å². The van der Waals surface area contributed by atoms with E-state index in [0.717, 1.165) is 10.0 Å². The first-order valence-corrected chi connectivity index (χ1v) is 6.55. The van der Waals surface area contributed by atoms with Crippen LogP contribution < -0.4 is 4.74 Å². The predicted molar refractivity (Wildman–Crippen MR) is 76.3 cm³/mol. The molecule has 2 aromatic rings. The molecule has 0 atom stereocenters. The molecule has 0 N–H and O–H groups in total. The van der Waals surface area contributed by atoms with E-state index in [2.05, 4.69) is 15.9 Å². The Kier molecular flexibility index (Phi) is 4.58. The molecule has 98 valence electrons. The molecule has 0 fully saturated rings. The predicted octanol–water partition coefficient (Wildman–Crippen LogP) is 3.81. The van der Waals surface area contributed by atoms with Crippen LogP contribution in [0.3, 0.4) is 0 Å². The number of para-hydroxylation sites is 1. The van der Waals surface area contributed by atoms with Crippen LogP contribution in [0.25, 0.3) is 0 Å². The van der Waals surface area contributed by atoms with E-state index in [0.29, 0.717) is 17.9 Å². The minimum Gasteiger partial charge on any atom is -0.488 e. The maximum absolute atomic E-state index is 11.6. The van der Waals surface area contributed by atoms with Crippen molar-refractivity contribution in [2.24, 2.45) is 0 Å². The Morgan fingerprint density at radius 3 is 2.53 bits per heavy atom. The molecule has 3 nitrogen and oxygen atoms in total. The van der Waals surface area contributed by atoms with Gasteiger partial charge < -0.3 is 9.47 Å². The highest BCUT2D eigenvalue weighted by atomic mass is 79.9. The van der Waals surface area contributed by atoms with E-state index >= 15 is 0 Å². The topological polar surface area (TPSA) is 35.5 Å². The van der Waals surface area contributed by atoms with Gasteiger partial charge in [-0.25, -0.2) is 4.79 Å².